The molecule has 0 spiro atoms. The average Bonchev–Trinajstić information content (AvgIpc) is 2.45. The van der Waals surface area contributed by atoms with E-state index in [9.17, 15) is 9.18 Å². The van der Waals surface area contributed by atoms with Gasteiger partial charge in [-0.15, -0.1) is 0 Å². The molecule has 0 heterocycles. The maximum atomic E-state index is 13.7. The molecule has 3 rings (SSSR count). The van der Waals surface area contributed by atoms with Crippen LogP contribution in [-0.2, 0) is 0 Å². The zero-order valence-electron chi connectivity index (χ0n) is 11.9. The van der Waals surface area contributed by atoms with E-state index >= 15 is 0 Å². The average molecular weight is 284 g/mol. The number of halogens is 1. The van der Waals surface area contributed by atoms with Gasteiger partial charge in [-0.2, -0.15) is 0 Å². The highest BCUT2D eigenvalue weighted by atomic mass is 19.1. The Bertz CT molecular complexity index is 657. The lowest BCUT2D eigenvalue weighted by atomic mass is 9.80. The molecule has 0 bridgehead atoms. The fourth-order valence-electron chi connectivity index (χ4n) is 2.62. The third-order valence-electron chi connectivity index (χ3n) is 4.16. The van der Waals surface area contributed by atoms with E-state index in [-0.39, 0.29) is 11.5 Å². The Morgan fingerprint density at radius 1 is 1.10 bits per heavy atom. The molecule has 1 aliphatic rings. The van der Waals surface area contributed by atoms with Gasteiger partial charge in [-0.1, -0.05) is 30.7 Å². The van der Waals surface area contributed by atoms with E-state index in [0.29, 0.717) is 17.0 Å². The van der Waals surface area contributed by atoms with Crippen molar-refractivity contribution < 1.29 is 13.9 Å². The molecule has 21 heavy (non-hydrogen) atoms. The predicted molar refractivity (Wildman–Crippen MR) is 79.4 cm³/mol. The Kier molecular flexibility index (Phi) is 3.74. The molecule has 2 nitrogen and oxygen atoms in total. The van der Waals surface area contributed by atoms with Crippen LogP contribution in [0.3, 0.4) is 0 Å². The summed E-state index contributed by atoms with van der Waals surface area (Å²) in [4.78, 5) is 12.4. The fraction of sp³-hybridized carbons (Fsp3) is 0.278. The Labute approximate surface area is 123 Å². The molecule has 3 heteroatoms. The van der Waals surface area contributed by atoms with Crippen molar-refractivity contribution in [1.29, 1.82) is 0 Å². The molecule has 0 aliphatic heterocycles. The molecule has 0 amide bonds. The number of carbonyl (C=O) groups is 1. The monoisotopic (exact) mass is 284 g/mol. The van der Waals surface area contributed by atoms with Crippen molar-refractivity contribution >= 4 is 5.78 Å². The topological polar surface area (TPSA) is 26.3 Å². The second kappa shape index (κ2) is 5.68. The van der Waals surface area contributed by atoms with Crippen LogP contribution in [0.15, 0.2) is 42.5 Å². The van der Waals surface area contributed by atoms with E-state index in [0.717, 1.165) is 0 Å². The molecule has 0 N–H and O–H groups in total. The van der Waals surface area contributed by atoms with Crippen LogP contribution in [0.5, 0.6) is 5.75 Å². The van der Waals surface area contributed by atoms with Crippen LogP contribution >= 0.6 is 0 Å². The minimum atomic E-state index is -0.519. The summed E-state index contributed by atoms with van der Waals surface area (Å²) < 4.78 is 18.5. The van der Waals surface area contributed by atoms with Crippen molar-refractivity contribution in [3.8, 4) is 5.75 Å². The molecule has 108 valence electrons. The zero-order valence-corrected chi connectivity index (χ0v) is 11.9. The van der Waals surface area contributed by atoms with Crippen molar-refractivity contribution in [3.63, 3.8) is 0 Å². The Balaban J connectivity index is 1.82. The molecule has 1 saturated carbocycles. The summed E-state index contributed by atoms with van der Waals surface area (Å²) in [6.07, 6.45) is 3.75. The lowest BCUT2D eigenvalue weighted by Crippen LogP contribution is -2.09. The zero-order chi connectivity index (χ0) is 14.8. The fourth-order valence-corrected chi connectivity index (χ4v) is 2.62. The molecule has 1 fully saturated rings. The summed E-state index contributed by atoms with van der Waals surface area (Å²) in [6, 6.07) is 12.0. The Hall–Kier alpha value is -2.16. The Morgan fingerprint density at radius 2 is 1.76 bits per heavy atom. The Morgan fingerprint density at radius 3 is 2.29 bits per heavy atom. The van der Waals surface area contributed by atoms with Crippen molar-refractivity contribution in [1.82, 2.24) is 0 Å². The van der Waals surface area contributed by atoms with Gasteiger partial charge in [-0.05, 0) is 42.5 Å². The van der Waals surface area contributed by atoms with Gasteiger partial charge in [0.05, 0.1) is 7.11 Å². The third-order valence-corrected chi connectivity index (χ3v) is 4.16. The van der Waals surface area contributed by atoms with Crippen LogP contribution in [0.2, 0.25) is 0 Å². The summed E-state index contributed by atoms with van der Waals surface area (Å²) >= 11 is 0. The number of hydrogen-bond acceptors (Lipinski definition) is 2. The maximum absolute atomic E-state index is 13.7. The summed E-state index contributed by atoms with van der Waals surface area (Å²) in [5.41, 5.74) is 2.21. The minimum Gasteiger partial charge on any atom is -0.494 e. The van der Waals surface area contributed by atoms with Gasteiger partial charge in [0.25, 0.3) is 0 Å². The van der Waals surface area contributed by atoms with Gasteiger partial charge in [0.2, 0.25) is 0 Å². The normalized spacial score (nSPS) is 14.6. The van der Waals surface area contributed by atoms with Gasteiger partial charge >= 0.3 is 0 Å². The van der Waals surface area contributed by atoms with E-state index in [1.54, 1.807) is 6.07 Å². The highest BCUT2D eigenvalue weighted by molar-refractivity contribution is 6.09. The molecule has 0 atom stereocenters. The first-order valence-corrected chi connectivity index (χ1v) is 7.17. The predicted octanol–water partition coefficient (Wildman–Crippen LogP) is 4.33. The summed E-state index contributed by atoms with van der Waals surface area (Å²) in [5.74, 6) is 0.102. The lowest BCUT2D eigenvalue weighted by molar-refractivity contribution is 0.103. The molecular formula is C18H17FO2. The maximum Gasteiger partial charge on any atom is 0.193 e. The SMILES string of the molecule is COc1ccc(C(=O)c2ccc(C3CCC3)cc2)cc1F. The number of rotatable bonds is 4. The van der Waals surface area contributed by atoms with E-state index < -0.39 is 5.82 Å². The van der Waals surface area contributed by atoms with Crippen LogP contribution in [0.1, 0.15) is 46.7 Å². The number of methoxy groups -OCH3 is 1. The highest BCUT2D eigenvalue weighted by Gasteiger charge is 2.19. The van der Waals surface area contributed by atoms with Gasteiger partial charge in [-0.25, -0.2) is 4.39 Å². The standard InChI is InChI=1S/C18H17FO2/c1-21-17-10-9-15(11-16(17)19)18(20)14-7-5-13(6-8-14)12-3-2-4-12/h5-12H,2-4H2,1H3. The number of hydrogen-bond donors (Lipinski definition) is 0. The van der Waals surface area contributed by atoms with Crippen molar-refractivity contribution in [2.45, 2.75) is 25.2 Å². The third kappa shape index (κ3) is 2.68. The van der Waals surface area contributed by atoms with Gasteiger partial charge in [-0.3, -0.25) is 4.79 Å². The van der Waals surface area contributed by atoms with Gasteiger partial charge in [0.1, 0.15) is 0 Å². The van der Waals surface area contributed by atoms with Crippen LogP contribution in [0.25, 0.3) is 0 Å². The second-order valence-electron chi connectivity index (χ2n) is 5.43. The minimum absolute atomic E-state index is 0.145. The summed E-state index contributed by atoms with van der Waals surface area (Å²) in [5, 5.41) is 0. The van der Waals surface area contributed by atoms with Crippen LogP contribution < -0.4 is 4.74 Å². The first kappa shape index (κ1) is 13.8. The smallest absolute Gasteiger partial charge is 0.193 e. The van der Waals surface area contributed by atoms with E-state index in [1.807, 2.05) is 24.3 Å². The molecule has 0 radical (unpaired) electrons. The molecule has 0 saturated heterocycles. The second-order valence-corrected chi connectivity index (χ2v) is 5.43. The number of carbonyl (C=O) groups excluding carboxylic acids is 1. The summed E-state index contributed by atoms with van der Waals surface area (Å²) in [7, 11) is 1.40. The van der Waals surface area contributed by atoms with E-state index in [4.69, 9.17) is 4.74 Å². The molecule has 1 aliphatic carbocycles. The molecule has 2 aromatic rings. The first-order chi connectivity index (χ1) is 10.2. The lowest BCUT2D eigenvalue weighted by Gasteiger charge is -2.25. The highest BCUT2D eigenvalue weighted by Crippen LogP contribution is 2.36. The van der Waals surface area contributed by atoms with Crippen molar-refractivity contribution in [3.05, 3.63) is 65.0 Å². The molecule has 0 unspecified atom stereocenters. The first-order valence-electron chi connectivity index (χ1n) is 7.17. The molecular weight excluding hydrogens is 267 g/mol. The molecule has 2 aromatic carbocycles. The number of benzene rings is 2. The van der Waals surface area contributed by atoms with Crippen molar-refractivity contribution in [2.24, 2.45) is 0 Å². The van der Waals surface area contributed by atoms with Crippen LogP contribution in [-0.4, -0.2) is 12.9 Å². The number of ether oxygens (including phenoxy) is 1. The quantitative estimate of drug-likeness (QED) is 0.781. The van der Waals surface area contributed by atoms with Crippen LogP contribution in [0, 0.1) is 5.82 Å². The summed E-state index contributed by atoms with van der Waals surface area (Å²) in [6.45, 7) is 0. The van der Waals surface area contributed by atoms with E-state index in [1.165, 1.54) is 44.1 Å². The molecule has 0 aromatic heterocycles. The van der Waals surface area contributed by atoms with Crippen LogP contribution in [0.4, 0.5) is 4.39 Å². The van der Waals surface area contributed by atoms with Crippen molar-refractivity contribution in [2.75, 3.05) is 7.11 Å². The van der Waals surface area contributed by atoms with Gasteiger partial charge in [0, 0.05) is 11.1 Å². The number of ketones is 1. The van der Waals surface area contributed by atoms with Gasteiger partial charge in [0.15, 0.2) is 17.3 Å². The largest absolute Gasteiger partial charge is 0.494 e. The van der Waals surface area contributed by atoms with Gasteiger partial charge < -0.3 is 4.74 Å². The van der Waals surface area contributed by atoms with E-state index in [2.05, 4.69) is 0 Å².